The smallest absolute Gasteiger partial charge is 0.261 e. The lowest BCUT2D eigenvalue weighted by Gasteiger charge is -2.18. The number of carbonyl (C=O) groups is 2. The van der Waals surface area contributed by atoms with E-state index in [9.17, 15) is 14.4 Å². The van der Waals surface area contributed by atoms with E-state index in [0.717, 1.165) is 5.69 Å². The fourth-order valence-electron chi connectivity index (χ4n) is 3.10. The first-order valence-corrected chi connectivity index (χ1v) is 12.3. The van der Waals surface area contributed by atoms with Crippen LogP contribution in [0.15, 0.2) is 28.6 Å². The number of thioether (sulfide) groups is 1. The molecule has 33 heavy (non-hydrogen) atoms. The molecule has 3 aromatic rings. The number of benzene rings is 1. The number of hydrogen-bond donors (Lipinski definition) is 2. The Labute approximate surface area is 198 Å². The van der Waals surface area contributed by atoms with Crippen molar-refractivity contribution in [2.24, 2.45) is 0 Å². The van der Waals surface area contributed by atoms with Gasteiger partial charge < -0.3 is 20.1 Å². The van der Waals surface area contributed by atoms with Gasteiger partial charge in [-0.3, -0.25) is 19.0 Å². The molecule has 2 N–H and O–H groups in total. The van der Waals surface area contributed by atoms with Gasteiger partial charge >= 0.3 is 0 Å². The highest BCUT2D eigenvalue weighted by Gasteiger charge is 2.22. The SMILES string of the molecule is COc1cc2ncn(CC(=O)NC(CCSC)C(=O)Nc3nc(C)cs3)c(=O)c2cc1OC. The van der Waals surface area contributed by atoms with Gasteiger partial charge in [-0.15, -0.1) is 11.3 Å². The van der Waals surface area contributed by atoms with Gasteiger partial charge in [-0.25, -0.2) is 9.97 Å². The molecule has 0 bridgehead atoms. The Balaban J connectivity index is 1.76. The lowest BCUT2D eigenvalue weighted by atomic mass is 10.2. The van der Waals surface area contributed by atoms with E-state index in [1.165, 1.54) is 42.5 Å². The maximum atomic E-state index is 12.9. The van der Waals surface area contributed by atoms with Crippen LogP contribution in [0.5, 0.6) is 11.5 Å². The molecule has 3 rings (SSSR count). The van der Waals surface area contributed by atoms with E-state index >= 15 is 0 Å². The molecule has 1 aromatic carbocycles. The number of amides is 2. The molecular weight excluding hydrogens is 466 g/mol. The normalized spacial score (nSPS) is 11.8. The van der Waals surface area contributed by atoms with Crippen LogP contribution in [0.4, 0.5) is 5.13 Å². The maximum absolute atomic E-state index is 12.9. The highest BCUT2D eigenvalue weighted by molar-refractivity contribution is 7.98. The third-order valence-corrected chi connectivity index (χ3v) is 6.27. The fraction of sp³-hybridized carbons (Fsp3) is 0.381. The van der Waals surface area contributed by atoms with Crippen LogP contribution in [0.1, 0.15) is 12.1 Å². The fourth-order valence-corrected chi connectivity index (χ4v) is 4.26. The molecule has 0 aliphatic rings. The first-order chi connectivity index (χ1) is 15.9. The monoisotopic (exact) mass is 491 g/mol. The van der Waals surface area contributed by atoms with Crippen molar-refractivity contribution < 1.29 is 19.1 Å². The highest BCUT2D eigenvalue weighted by atomic mass is 32.2. The summed E-state index contributed by atoms with van der Waals surface area (Å²) in [6, 6.07) is 2.37. The van der Waals surface area contributed by atoms with Gasteiger partial charge in [-0.1, -0.05) is 0 Å². The summed E-state index contributed by atoms with van der Waals surface area (Å²) in [5.41, 5.74) is 0.821. The largest absolute Gasteiger partial charge is 0.493 e. The Morgan fingerprint density at radius 3 is 2.61 bits per heavy atom. The topological polar surface area (TPSA) is 124 Å². The average molecular weight is 492 g/mol. The number of thiazole rings is 1. The van der Waals surface area contributed by atoms with E-state index in [4.69, 9.17) is 9.47 Å². The number of rotatable bonds is 10. The Morgan fingerprint density at radius 1 is 1.24 bits per heavy atom. The first kappa shape index (κ1) is 24.5. The number of anilines is 1. The number of hydrogen-bond acceptors (Lipinski definition) is 9. The molecule has 0 spiro atoms. The van der Waals surface area contributed by atoms with E-state index in [1.807, 2.05) is 18.6 Å². The zero-order chi connectivity index (χ0) is 24.0. The van der Waals surface area contributed by atoms with Crippen molar-refractivity contribution in [1.29, 1.82) is 0 Å². The Hall–Kier alpha value is -3.12. The second-order valence-corrected chi connectivity index (χ2v) is 8.93. The number of aryl methyl sites for hydroxylation is 1. The summed E-state index contributed by atoms with van der Waals surface area (Å²) in [6.45, 7) is 1.55. The average Bonchev–Trinajstić information content (AvgIpc) is 3.21. The van der Waals surface area contributed by atoms with Gasteiger partial charge in [0.25, 0.3) is 5.56 Å². The van der Waals surface area contributed by atoms with E-state index in [1.54, 1.807) is 17.8 Å². The molecule has 12 heteroatoms. The van der Waals surface area contributed by atoms with Gasteiger partial charge in [0.15, 0.2) is 16.6 Å². The number of nitrogens with one attached hydrogen (secondary N) is 2. The summed E-state index contributed by atoms with van der Waals surface area (Å²) in [7, 11) is 2.97. The minimum Gasteiger partial charge on any atom is -0.493 e. The molecule has 0 radical (unpaired) electrons. The van der Waals surface area contributed by atoms with Crippen LogP contribution < -0.4 is 25.7 Å². The molecule has 2 amide bonds. The molecule has 0 saturated heterocycles. The van der Waals surface area contributed by atoms with Crippen molar-refractivity contribution in [2.75, 3.05) is 31.5 Å². The number of methoxy groups -OCH3 is 2. The van der Waals surface area contributed by atoms with Gasteiger partial charge in [0.05, 0.1) is 37.1 Å². The van der Waals surface area contributed by atoms with Crippen molar-refractivity contribution >= 4 is 50.9 Å². The van der Waals surface area contributed by atoms with E-state index in [-0.39, 0.29) is 12.5 Å². The molecule has 2 aromatic heterocycles. The van der Waals surface area contributed by atoms with Gasteiger partial charge in [-0.05, 0) is 31.4 Å². The number of carbonyl (C=O) groups excluding carboxylic acids is 2. The van der Waals surface area contributed by atoms with Gasteiger partial charge in [0, 0.05) is 11.4 Å². The van der Waals surface area contributed by atoms with Crippen molar-refractivity contribution in [2.45, 2.75) is 25.9 Å². The van der Waals surface area contributed by atoms with Crippen molar-refractivity contribution in [1.82, 2.24) is 19.9 Å². The quantitative estimate of drug-likeness (QED) is 0.442. The first-order valence-electron chi connectivity index (χ1n) is 9.98. The molecule has 0 saturated carbocycles. The number of fused-ring (bicyclic) bond motifs is 1. The van der Waals surface area contributed by atoms with Crippen molar-refractivity contribution in [3.63, 3.8) is 0 Å². The molecule has 0 aliphatic heterocycles. The Bertz CT molecular complexity index is 1210. The van der Waals surface area contributed by atoms with Crippen molar-refractivity contribution in [3.8, 4) is 11.5 Å². The van der Waals surface area contributed by atoms with Crippen LogP contribution in [0.25, 0.3) is 10.9 Å². The van der Waals surface area contributed by atoms with Crippen LogP contribution in [0, 0.1) is 6.92 Å². The Morgan fingerprint density at radius 2 is 1.97 bits per heavy atom. The zero-order valence-corrected chi connectivity index (χ0v) is 20.3. The molecular formula is C21H25N5O5S2. The second kappa shape index (κ2) is 11.1. The molecule has 2 heterocycles. The number of aromatic nitrogens is 3. The lowest BCUT2D eigenvalue weighted by molar-refractivity contribution is -0.127. The predicted molar refractivity (Wildman–Crippen MR) is 130 cm³/mol. The van der Waals surface area contributed by atoms with Crippen LogP contribution in [0.3, 0.4) is 0 Å². The maximum Gasteiger partial charge on any atom is 0.261 e. The standard InChI is InChI=1S/C21H25N5O5S2/c1-12-10-33-21(23-12)25-19(28)14(5-6-32-4)24-18(27)9-26-11-22-15-8-17(31-3)16(30-2)7-13(15)20(26)29/h7-8,10-11,14H,5-6,9H2,1-4H3,(H,24,27)(H,23,25,28). The number of nitrogens with zero attached hydrogens (tertiary/aromatic N) is 3. The summed E-state index contributed by atoms with van der Waals surface area (Å²) < 4.78 is 11.7. The third-order valence-electron chi connectivity index (χ3n) is 4.75. The predicted octanol–water partition coefficient (Wildman–Crippen LogP) is 2.06. The van der Waals surface area contributed by atoms with E-state index in [0.29, 0.717) is 39.7 Å². The zero-order valence-electron chi connectivity index (χ0n) is 18.7. The third kappa shape index (κ3) is 6.02. The van der Waals surface area contributed by atoms with Gasteiger partial charge in [0.2, 0.25) is 11.8 Å². The lowest BCUT2D eigenvalue weighted by Crippen LogP contribution is -2.46. The van der Waals surface area contributed by atoms with Gasteiger partial charge in [0.1, 0.15) is 12.6 Å². The van der Waals surface area contributed by atoms with Crippen molar-refractivity contribution in [3.05, 3.63) is 39.9 Å². The minimum atomic E-state index is -0.761. The van der Waals surface area contributed by atoms with Gasteiger partial charge in [-0.2, -0.15) is 11.8 Å². The van der Waals surface area contributed by atoms with E-state index < -0.39 is 17.5 Å². The van der Waals surface area contributed by atoms with Crippen LogP contribution in [-0.4, -0.2) is 58.6 Å². The summed E-state index contributed by atoms with van der Waals surface area (Å²) >= 11 is 2.88. The Kier molecular flexibility index (Phi) is 8.28. The molecule has 1 atom stereocenters. The second-order valence-electron chi connectivity index (χ2n) is 7.09. The molecule has 0 aliphatic carbocycles. The molecule has 1 unspecified atom stereocenters. The van der Waals surface area contributed by atoms with Crippen LogP contribution in [0.2, 0.25) is 0 Å². The highest BCUT2D eigenvalue weighted by Crippen LogP contribution is 2.29. The van der Waals surface area contributed by atoms with Crippen LogP contribution >= 0.6 is 23.1 Å². The minimum absolute atomic E-state index is 0.282. The van der Waals surface area contributed by atoms with Crippen LogP contribution in [-0.2, 0) is 16.1 Å². The molecule has 0 fully saturated rings. The summed E-state index contributed by atoms with van der Waals surface area (Å²) in [6.07, 6.45) is 3.65. The number of ether oxygens (including phenoxy) is 2. The molecule has 10 nitrogen and oxygen atoms in total. The summed E-state index contributed by atoms with van der Waals surface area (Å²) in [5.74, 6) is 0.680. The van der Waals surface area contributed by atoms with E-state index in [2.05, 4.69) is 20.6 Å². The molecule has 176 valence electrons. The summed E-state index contributed by atoms with van der Waals surface area (Å²) in [5, 5.41) is 8.05. The summed E-state index contributed by atoms with van der Waals surface area (Å²) in [4.78, 5) is 46.8.